The number of carbonyl (C=O) groups is 1. The summed E-state index contributed by atoms with van der Waals surface area (Å²) in [6.07, 6.45) is 19.5. The molecule has 1 N–H and O–H groups in total. The Morgan fingerprint density at radius 1 is 0.955 bits per heavy atom. The van der Waals surface area contributed by atoms with Crippen molar-refractivity contribution in [1.29, 1.82) is 0 Å². The van der Waals surface area contributed by atoms with E-state index < -0.39 is 12.1 Å². The summed E-state index contributed by atoms with van der Waals surface area (Å²) >= 11 is 0. The van der Waals surface area contributed by atoms with E-state index in [2.05, 4.69) is 16.9 Å². The summed E-state index contributed by atoms with van der Waals surface area (Å²) in [6, 6.07) is 0. The van der Waals surface area contributed by atoms with Crippen LogP contribution in [-0.2, 0) is 19.0 Å². The maximum Gasteiger partial charge on any atom is 0.349 e. The molecule has 0 bridgehead atoms. The van der Waals surface area contributed by atoms with Crippen molar-refractivity contribution < 1.29 is 24.1 Å². The molecule has 5 nitrogen and oxygen atoms in total. The quantitative estimate of drug-likeness (QED) is 0.866. The molecular formula is C17H22O5. The van der Waals surface area contributed by atoms with Gasteiger partial charge in [0.1, 0.15) is 12.2 Å². The topological polar surface area (TPSA) is 65.0 Å². The van der Waals surface area contributed by atoms with E-state index in [9.17, 15) is 4.79 Å². The van der Waals surface area contributed by atoms with Crippen LogP contribution in [0.3, 0.4) is 0 Å². The molecule has 0 aliphatic carbocycles. The van der Waals surface area contributed by atoms with Crippen molar-refractivity contribution in [3.05, 3.63) is 49.2 Å². The van der Waals surface area contributed by atoms with Crippen LogP contribution in [0.1, 0.15) is 32.1 Å². The standard InChI is InChI=1S/C11H16O2.C6H6O3/c1-3-7-12-10(5-1)9-11-6-2-4-8-13-11;7-6(8)5-3-1-2-4-9-5/h3-4,7-8,10-11H,1-2,5-6,9H2;1-5H,(H,7,8). The molecule has 0 aromatic carbocycles. The van der Waals surface area contributed by atoms with Crippen molar-refractivity contribution in [2.24, 2.45) is 0 Å². The Labute approximate surface area is 130 Å². The summed E-state index contributed by atoms with van der Waals surface area (Å²) in [7, 11) is 0. The van der Waals surface area contributed by atoms with E-state index in [-0.39, 0.29) is 0 Å². The summed E-state index contributed by atoms with van der Waals surface area (Å²) in [5, 5.41) is 8.33. The third kappa shape index (κ3) is 5.68. The average molecular weight is 306 g/mol. The molecule has 3 aliphatic heterocycles. The Balaban J connectivity index is 0.000000172. The van der Waals surface area contributed by atoms with Crippen molar-refractivity contribution in [1.82, 2.24) is 0 Å². The third-order valence-corrected chi connectivity index (χ3v) is 3.52. The molecule has 22 heavy (non-hydrogen) atoms. The van der Waals surface area contributed by atoms with E-state index in [0.29, 0.717) is 12.2 Å². The Morgan fingerprint density at radius 3 is 1.95 bits per heavy atom. The van der Waals surface area contributed by atoms with Crippen LogP contribution < -0.4 is 0 Å². The summed E-state index contributed by atoms with van der Waals surface area (Å²) in [5.74, 6) is -0.962. The van der Waals surface area contributed by atoms with Crippen molar-refractivity contribution in [3.63, 3.8) is 0 Å². The normalized spacial score (nSPS) is 28.6. The van der Waals surface area contributed by atoms with E-state index in [1.165, 1.54) is 12.3 Å². The average Bonchev–Trinajstić information content (AvgIpc) is 2.58. The number of hydrogen-bond donors (Lipinski definition) is 1. The molecule has 5 heteroatoms. The molecule has 0 radical (unpaired) electrons. The van der Waals surface area contributed by atoms with Crippen molar-refractivity contribution in [3.8, 4) is 0 Å². The van der Waals surface area contributed by atoms with Crippen LogP contribution in [0.5, 0.6) is 0 Å². The minimum absolute atomic E-state index is 0.376. The molecule has 3 heterocycles. The molecule has 120 valence electrons. The van der Waals surface area contributed by atoms with Gasteiger partial charge in [-0.05, 0) is 50.0 Å². The van der Waals surface area contributed by atoms with Gasteiger partial charge in [0.15, 0.2) is 0 Å². The summed E-state index contributed by atoms with van der Waals surface area (Å²) in [5.41, 5.74) is 0. The van der Waals surface area contributed by atoms with Gasteiger partial charge in [-0.1, -0.05) is 6.08 Å². The Morgan fingerprint density at radius 2 is 1.59 bits per heavy atom. The highest BCUT2D eigenvalue weighted by Gasteiger charge is 2.19. The monoisotopic (exact) mass is 306 g/mol. The van der Waals surface area contributed by atoms with Gasteiger partial charge in [-0.3, -0.25) is 0 Å². The molecule has 3 rings (SSSR count). The van der Waals surface area contributed by atoms with Gasteiger partial charge in [-0.25, -0.2) is 4.79 Å². The van der Waals surface area contributed by atoms with Gasteiger partial charge in [0, 0.05) is 6.42 Å². The van der Waals surface area contributed by atoms with Crippen molar-refractivity contribution in [2.45, 2.75) is 50.4 Å². The number of aliphatic carboxylic acids is 1. The molecule has 0 saturated heterocycles. The van der Waals surface area contributed by atoms with Crippen LogP contribution in [0.25, 0.3) is 0 Å². The van der Waals surface area contributed by atoms with Gasteiger partial charge in [0.2, 0.25) is 6.10 Å². The minimum Gasteiger partial charge on any atom is -0.498 e. The Bertz CT molecular complexity index is 442. The number of carboxylic acid groups (broad SMARTS) is 1. The van der Waals surface area contributed by atoms with Crippen LogP contribution in [0.15, 0.2) is 49.2 Å². The van der Waals surface area contributed by atoms with Crippen LogP contribution in [0.4, 0.5) is 0 Å². The molecule has 0 spiro atoms. The molecule has 0 aromatic heterocycles. The molecule has 3 unspecified atom stereocenters. The second kappa shape index (κ2) is 8.97. The molecule has 3 aliphatic rings. The van der Waals surface area contributed by atoms with E-state index in [4.69, 9.17) is 14.6 Å². The summed E-state index contributed by atoms with van der Waals surface area (Å²) in [4.78, 5) is 10.1. The molecule has 0 amide bonds. The molecule has 0 fully saturated rings. The highest BCUT2D eigenvalue weighted by Crippen LogP contribution is 2.21. The predicted octanol–water partition coefficient (Wildman–Crippen LogP) is 3.30. The zero-order valence-electron chi connectivity index (χ0n) is 12.5. The number of rotatable bonds is 3. The molecular weight excluding hydrogens is 284 g/mol. The lowest BCUT2D eigenvalue weighted by atomic mass is 10.0. The third-order valence-electron chi connectivity index (χ3n) is 3.52. The second-order valence-corrected chi connectivity index (χ2v) is 5.26. The van der Waals surface area contributed by atoms with Crippen molar-refractivity contribution >= 4 is 5.97 Å². The first-order chi connectivity index (χ1) is 10.8. The van der Waals surface area contributed by atoms with Gasteiger partial charge in [-0.15, -0.1) is 0 Å². The lowest BCUT2D eigenvalue weighted by molar-refractivity contribution is -0.144. The summed E-state index contributed by atoms with van der Waals surface area (Å²) < 4.78 is 15.7. The maximum atomic E-state index is 10.1. The van der Waals surface area contributed by atoms with Gasteiger partial charge < -0.3 is 19.3 Å². The SMILES string of the molecule is C1=COC(CC2CCC=CO2)CC1.O=C(O)C1C=CC=CO1. The number of allylic oxidation sites excluding steroid dienone is 4. The lowest BCUT2D eigenvalue weighted by Crippen LogP contribution is -2.23. The van der Waals surface area contributed by atoms with Crippen LogP contribution >= 0.6 is 0 Å². The summed E-state index contributed by atoms with van der Waals surface area (Å²) in [6.45, 7) is 0. The zero-order valence-corrected chi connectivity index (χ0v) is 12.5. The Kier molecular flexibility index (Phi) is 6.61. The number of ether oxygens (including phenoxy) is 3. The van der Waals surface area contributed by atoms with E-state index in [0.717, 1.165) is 32.1 Å². The van der Waals surface area contributed by atoms with Crippen LogP contribution in [0, 0.1) is 0 Å². The largest absolute Gasteiger partial charge is 0.498 e. The van der Waals surface area contributed by atoms with Gasteiger partial charge >= 0.3 is 5.97 Å². The first kappa shape index (κ1) is 16.2. The van der Waals surface area contributed by atoms with Gasteiger partial charge in [-0.2, -0.15) is 0 Å². The van der Waals surface area contributed by atoms with E-state index >= 15 is 0 Å². The molecule has 0 aromatic rings. The van der Waals surface area contributed by atoms with E-state index in [1.54, 1.807) is 12.2 Å². The minimum atomic E-state index is -0.962. The number of carboxylic acids is 1. The van der Waals surface area contributed by atoms with Gasteiger partial charge in [0.05, 0.1) is 18.8 Å². The maximum absolute atomic E-state index is 10.1. The fraction of sp³-hybridized carbons (Fsp3) is 0.471. The molecule has 0 saturated carbocycles. The van der Waals surface area contributed by atoms with Crippen LogP contribution in [-0.4, -0.2) is 29.4 Å². The highest BCUT2D eigenvalue weighted by atomic mass is 16.5. The van der Waals surface area contributed by atoms with Crippen LogP contribution in [0.2, 0.25) is 0 Å². The number of hydrogen-bond acceptors (Lipinski definition) is 4. The Hall–Kier alpha value is -2.17. The predicted molar refractivity (Wildman–Crippen MR) is 81.9 cm³/mol. The zero-order chi connectivity index (χ0) is 15.6. The second-order valence-electron chi connectivity index (χ2n) is 5.26. The van der Waals surface area contributed by atoms with Crippen molar-refractivity contribution in [2.75, 3.05) is 0 Å². The first-order valence-corrected chi connectivity index (χ1v) is 7.58. The smallest absolute Gasteiger partial charge is 0.349 e. The first-order valence-electron chi connectivity index (χ1n) is 7.58. The molecule has 3 atom stereocenters. The lowest BCUT2D eigenvalue weighted by Gasteiger charge is -2.25. The van der Waals surface area contributed by atoms with Gasteiger partial charge in [0.25, 0.3) is 0 Å². The fourth-order valence-corrected chi connectivity index (χ4v) is 2.34. The highest BCUT2D eigenvalue weighted by molar-refractivity contribution is 5.75. The fourth-order valence-electron chi connectivity index (χ4n) is 2.34. The van der Waals surface area contributed by atoms with E-state index in [1.807, 2.05) is 12.5 Å².